The number of hydrogen-bond acceptors (Lipinski definition) is 2. The van der Waals surface area contributed by atoms with Crippen molar-refractivity contribution in [2.75, 3.05) is 18.0 Å². The lowest BCUT2D eigenvalue weighted by Crippen LogP contribution is -2.32. The van der Waals surface area contributed by atoms with E-state index in [1.54, 1.807) is 11.1 Å². The third-order valence-corrected chi connectivity index (χ3v) is 5.72. The number of anilines is 2. The molecular formula is C22H26N2. The summed E-state index contributed by atoms with van der Waals surface area (Å²) in [7, 11) is 0. The number of hydrogen-bond donors (Lipinski definition) is 0. The van der Waals surface area contributed by atoms with Crippen LogP contribution < -0.4 is 4.90 Å². The van der Waals surface area contributed by atoms with Gasteiger partial charge in [-0.15, -0.1) is 0 Å². The molecule has 0 N–H and O–H groups in total. The fourth-order valence-corrected chi connectivity index (χ4v) is 4.07. The summed E-state index contributed by atoms with van der Waals surface area (Å²) in [5.41, 5.74) is 5.84. The quantitative estimate of drug-likeness (QED) is 0.784. The maximum Gasteiger partial charge on any atom is 0.0416 e. The van der Waals surface area contributed by atoms with E-state index in [1.807, 2.05) is 0 Å². The van der Waals surface area contributed by atoms with Gasteiger partial charge in [0.15, 0.2) is 0 Å². The zero-order chi connectivity index (χ0) is 15.9. The van der Waals surface area contributed by atoms with Crippen molar-refractivity contribution in [2.24, 2.45) is 5.92 Å². The minimum atomic E-state index is 0.691. The lowest BCUT2D eigenvalue weighted by atomic mass is 9.98. The van der Waals surface area contributed by atoms with Gasteiger partial charge in [0.2, 0.25) is 0 Å². The van der Waals surface area contributed by atoms with Crippen LogP contribution in [0.1, 0.15) is 36.8 Å². The Morgan fingerprint density at radius 1 is 0.875 bits per heavy atom. The van der Waals surface area contributed by atoms with E-state index >= 15 is 0 Å². The summed E-state index contributed by atoms with van der Waals surface area (Å²) in [6.07, 6.45) is 6.76. The zero-order valence-electron chi connectivity index (χ0n) is 14.3. The Balaban J connectivity index is 1.43. The van der Waals surface area contributed by atoms with Crippen molar-refractivity contribution in [3.05, 3.63) is 59.7 Å². The monoisotopic (exact) mass is 318 g/mol. The predicted octanol–water partition coefficient (Wildman–Crippen LogP) is 4.76. The summed E-state index contributed by atoms with van der Waals surface area (Å²) in [6.45, 7) is 3.70. The molecule has 5 rings (SSSR count). The van der Waals surface area contributed by atoms with Gasteiger partial charge >= 0.3 is 0 Å². The van der Waals surface area contributed by atoms with Crippen LogP contribution >= 0.6 is 0 Å². The normalized spacial score (nSPS) is 20.7. The van der Waals surface area contributed by atoms with Crippen molar-refractivity contribution in [3.8, 4) is 0 Å². The van der Waals surface area contributed by atoms with E-state index in [0.29, 0.717) is 6.04 Å². The number of benzene rings is 2. The number of para-hydroxylation sites is 1. The Kier molecular flexibility index (Phi) is 3.59. The Bertz CT molecular complexity index is 716. The summed E-state index contributed by atoms with van der Waals surface area (Å²) >= 11 is 0. The van der Waals surface area contributed by atoms with Crippen LogP contribution in [0.15, 0.2) is 48.5 Å². The van der Waals surface area contributed by atoms with Crippen molar-refractivity contribution in [1.82, 2.24) is 4.90 Å². The molecule has 0 bridgehead atoms. The van der Waals surface area contributed by atoms with E-state index in [2.05, 4.69) is 58.3 Å². The van der Waals surface area contributed by atoms with Gasteiger partial charge in [-0.05, 0) is 73.4 Å². The molecule has 1 heterocycles. The largest absolute Gasteiger partial charge is 0.338 e. The van der Waals surface area contributed by atoms with Crippen molar-refractivity contribution >= 4 is 11.4 Å². The predicted molar refractivity (Wildman–Crippen MR) is 99.8 cm³/mol. The molecule has 2 aromatic rings. The van der Waals surface area contributed by atoms with Gasteiger partial charge in [0.1, 0.15) is 0 Å². The maximum absolute atomic E-state index is 2.67. The molecule has 2 fully saturated rings. The van der Waals surface area contributed by atoms with Gasteiger partial charge in [-0.2, -0.15) is 0 Å². The molecule has 0 amide bonds. The maximum atomic E-state index is 2.67. The molecule has 2 heteroatoms. The topological polar surface area (TPSA) is 6.48 Å². The van der Waals surface area contributed by atoms with E-state index in [9.17, 15) is 0 Å². The third kappa shape index (κ3) is 2.95. The van der Waals surface area contributed by atoms with Crippen LogP contribution in [0.25, 0.3) is 0 Å². The highest BCUT2D eigenvalue weighted by atomic mass is 15.2. The number of nitrogens with zero attached hydrogens (tertiary/aromatic N) is 2. The Morgan fingerprint density at radius 3 is 2.46 bits per heavy atom. The second-order valence-electron chi connectivity index (χ2n) is 7.82. The van der Waals surface area contributed by atoms with Gasteiger partial charge in [0.05, 0.1) is 0 Å². The van der Waals surface area contributed by atoms with Gasteiger partial charge in [-0.1, -0.05) is 24.3 Å². The molecule has 0 atom stereocenters. The molecule has 124 valence electrons. The summed E-state index contributed by atoms with van der Waals surface area (Å²) in [6, 6.07) is 18.8. The van der Waals surface area contributed by atoms with Crippen LogP contribution in [-0.2, 0) is 13.0 Å². The van der Waals surface area contributed by atoms with Crippen LogP contribution in [0.2, 0.25) is 0 Å². The van der Waals surface area contributed by atoms with E-state index in [4.69, 9.17) is 0 Å². The molecule has 2 aliphatic carbocycles. The first-order chi connectivity index (χ1) is 11.9. The first kappa shape index (κ1) is 14.5. The average Bonchev–Trinajstić information content (AvgIpc) is 3.52. The Labute approximate surface area is 145 Å². The fraction of sp³-hybridized carbons (Fsp3) is 0.455. The van der Waals surface area contributed by atoms with Crippen LogP contribution in [0.3, 0.4) is 0 Å². The summed E-state index contributed by atoms with van der Waals surface area (Å²) < 4.78 is 0. The Morgan fingerprint density at radius 2 is 1.71 bits per heavy atom. The smallest absolute Gasteiger partial charge is 0.0416 e. The van der Waals surface area contributed by atoms with Crippen molar-refractivity contribution in [1.29, 1.82) is 0 Å². The molecule has 1 aliphatic heterocycles. The van der Waals surface area contributed by atoms with Crippen molar-refractivity contribution in [3.63, 3.8) is 0 Å². The molecule has 0 aromatic heterocycles. The molecular weight excluding hydrogens is 292 g/mol. The second-order valence-corrected chi connectivity index (χ2v) is 7.82. The molecule has 0 spiro atoms. The lowest BCUT2D eigenvalue weighted by molar-refractivity contribution is 0.244. The molecule has 0 saturated heterocycles. The summed E-state index contributed by atoms with van der Waals surface area (Å²) in [5.74, 6) is 0.988. The van der Waals surface area contributed by atoms with Crippen molar-refractivity contribution < 1.29 is 0 Å². The van der Waals surface area contributed by atoms with E-state index in [-0.39, 0.29) is 0 Å². The van der Waals surface area contributed by atoms with E-state index < -0.39 is 0 Å². The molecule has 2 nitrogen and oxygen atoms in total. The first-order valence-corrected chi connectivity index (χ1v) is 9.55. The second kappa shape index (κ2) is 5.93. The SMILES string of the molecule is c1ccc(N(c2ccc3c(c2)CN(CC2CC2)CC3)C2CC2)cc1. The molecule has 0 unspecified atom stereocenters. The fourth-order valence-electron chi connectivity index (χ4n) is 4.07. The standard InChI is InChI=1S/C22H26N2/c1-2-4-20(5-3-1)24(21-10-11-21)22-9-8-18-12-13-23(15-17-6-7-17)16-19(18)14-22/h1-5,8-9,14,17,21H,6-7,10-13,15-16H2. The first-order valence-electron chi connectivity index (χ1n) is 9.55. The van der Waals surface area contributed by atoms with Crippen molar-refractivity contribution in [2.45, 2.75) is 44.7 Å². The third-order valence-electron chi connectivity index (χ3n) is 5.72. The van der Waals surface area contributed by atoms with Crippen LogP contribution in [0.4, 0.5) is 11.4 Å². The Hall–Kier alpha value is -1.80. The molecule has 3 aliphatic rings. The minimum absolute atomic E-state index is 0.691. The molecule has 2 saturated carbocycles. The highest BCUT2D eigenvalue weighted by Gasteiger charge is 2.31. The van der Waals surface area contributed by atoms with Gasteiger partial charge in [-0.25, -0.2) is 0 Å². The van der Waals surface area contributed by atoms with Crippen LogP contribution in [0.5, 0.6) is 0 Å². The van der Waals surface area contributed by atoms with E-state index in [0.717, 1.165) is 12.5 Å². The lowest BCUT2D eigenvalue weighted by Gasteiger charge is -2.31. The minimum Gasteiger partial charge on any atom is -0.338 e. The zero-order valence-corrected chi connectivity index (χ0v) is 14.3. The summed E-state index contributed by atoms with van der Waals surface area (Å²) in [5, 5.41) is 0. The highest BCUT2D eigenvalue weighted by molar-refractivity contribution is 5.66. The highest BCUT2D eigenvalue weighted by Crippen LogP contribution is 2.39. The number of rotatable bonds is 5. The van der Waals surface area contributed by atoms with Gasteiger partial charge in [0.25, 0.3) is 0 Å². The molecule has 24 heavy (non-hydrogen) atoms. The van der Waals surface area contributed by atoms with E-state index in [1.165, 1.54) is 56.6 Å². The number of fused-ring (bicyclic) bond motifs is 1. The van der Waals surface area contributed by atoms with Gasteiger partial charge in [0, 0.05) is 37.1 Å². The van der Waals surface area contributed by atoms with Crippen LogP contribution in [0, 0.1) is 5.92 Å². The molecule has 0 radical (unpaired) electrons. The van der Waals surface area contributed by atoms with Crippen LogP contribution in [-0.4, -0.2) is 24.0 Å². The van der Waals surface area contributed by atoms with Gasteiger partial charge < -0.3 is 4.90 Å². The van der Waals surface area contributed by atoms with Gasteiger partial charge in [-0.3, -0.25) is 4.90 Å². The molecule has 2 aromatic carbocycles. The average molecular weight is 318 g/mol. The summed E-state index contributed by atoms with van der Waals surface area (Å²) in [4.78, 5) is 5.23.